The van der Waals surface area contributed by atoms with Gasteiger partial charge in [-0.05, 0) is 62.6 Å². The standard InChI is InChI=1S/C29H20BrClN2O5S/c1-36-23-14-17(10-12-21(23)38-29(35)28-27(31)20-8-4-5-9-24(20)39-28)15-32-33-25(34)16-37-22-13-11-18-6-2-3-7-19(18)26(22)30/h2-15H,16H2,1H3,(H,33,34)/b32-15+. The molecule has 0 aliphatic rings. The number of nitrogens with one attached hydrogen (secondary N) is 1. The maximum absolute atomic E-state index is 12.8. The topological polar surface area (TPSA) is 86.2 Å². The Labute approximate surface area is 241 Å². The second kappa shape index (κ2) is 11.9. The van der Waals surface area contributed by atoms with Crippen molar-refractivity contribution >= 4 is 77.8 Å². The minimum atomic E-state index is -0.578. The predicted octanol–water partition coefficient (Wildman–Crippen LogP) is 7.23. The Morgan fingerprint density at radius 3 is 2.51 bits per heavy atom. The average Bonchev–Trinajstić information content (AvgIpc) is 3.30. The number of hydrogen-bond donors (Lipinski definition) is 1. The number of carbonyl (C=O) groups is 2. The first-order valence-electron chi connectivity index (χ1n) is 11.6. The minimum absolute atomic E-state index is 0.215. The van der Waals surface area contributed by atoms with Gasteiger partial charge in [0.2, 0.25) is 0 Å². The van der Waals surface area contributed by atoms with Crippen LogP contribution in [0.4, 0.5) is 0 Å². The van der Waals surface area contributed by atoms with Crippen LogP contribution in [0.3, 0.4) is 0 Å². The fourth-order valence-corrected chi connectivity index (χ4v) is 5.81. The number of nitrogens with zero attached hydrogens (tertiary/aromatic N) is 1. The fourth-order valence-electron chi connectivity index (χ4n) is 3.82. The molecule has 0 bridgehead atoms. The van der Waals surface area contributed by atoms with Crippen molar-refractivity contribution in [2.45, 2.75) is 0 Å². The third-order valence-electron chi connectivity index (χ3n) is 5.70. The van der Waals surface area contributed by atoms with Gasteiger partial charge in [0, 0.05) is 10.1 Å². The summed E-state index contributed by atoms with van der Waals surface area (Å²) in [4.78, 5) is 25.4. The number of fused-ring (bicyclic) bond motifs is 2. The van der Waals surface area contributed by atoms with E-state index in [-0.39, 0.29) is 12.4 Å². The van der Waals surface area contributed by atoms with Crippen LogP contribution in [0.15, 0.2) is 88.4 Å². The summed E-state index contributed by atoms with van der Waals surface area (Å²) in [6.07, 6.45) is 1.45. The van der Waals surface area contributed by atoms with Gasteiger partial charge in [0.1, 0.15) is 10.6 Å². The Bertz CT molecular complexity index is 1740. The molecule has 5 aromatic rings. The number of methoxy groups -OCH3 is 1. The number of amides is 1. The molecule has 7 nitrogen and oxygen atoms in total. The number of hydrazone groups is 1. The molecule has 0 spiro atoms. The number of hydrogen-bond acceptors (Lipinski definition) is 7. The van der Waals surface area contributed by atoms with Crippen molar-refractivity contribution in [3.8, 4) is 17.2 Å². The van der Waals surface area contributed by atoms with E-state index >= 15 is 0 Å². The molecule has 1 aromatic heterocycles. The summed E-state index contributed by atoms with van der Waals surface area (Å²) in [5.74, 6) is 0.0989. The van der Waals surface area contributed by atoms with Crippen molar-refractivity contribution in [3.63, 3.8) is 0 Å². The van der Waals surface area contributed by atoms with E-state index in [2.05, 4.69) is 26.5 Å². The molecule has 1 amide bonds. The summed E-state index contributed by atoms with van der Waals surface area (Å²) in [7, 11) is 1.46. The van der Waals surface area contributed by atoms with Crippen molar-refractivity contribution in [3.05, 3.63) is 98.8 Å². The lowest BCUT2D eigenvalue weighted by Crippen LogP contribution is -2.24. The molecule has 0 atom stereocenters. The molecule has 0 aliphatic carbocycles. The third kappa shape index (κ3) is 5.90. The number of benzene rings is 4. The number of halogens is 2. The van der Waals surface area contributed by atoms with Crippen LogP contribution >= 0.6 is 38.9 Å². The summed E-state index contributed by atoms with van der Waals surface area (Å²) in [5.41, 5.74) is 3.05. The average molecular weight is 624 g/mol. The maximum atomic E-state index is 12.8. The molecule has 0 saturated carbocycles. The van der Waals surface area contributed by atoms with E-state index in [0.717, 1.165) is 25.3 Å². The molecule has 10 heteroatoms. The molecular formula is C29H20BrClN2O5S. The Morgan fingerprint density at radius 1 is 0.974 bits per heavy atom. The molecule has 0 saturated heterocycles. The van der Waals surface area contributed by atoms with Crippen molar-refractivity contribution < 1.29 is 23.8 Å². The van der Waals surface area contributed by atoms with E-state index in [1.807, 2.05) is 54.6 Å². The summed E-state index contributed by atoms with van der Waals surface area (Å²) in [6, 6.07) is 24.0. The summed E-state index contributed by atoms with van der Waals surface area (Å²) >= 11 is 11.2. The molecule has 196 valence electrons. The molecule has 4 aromatic carbocycles. The van der Waals surface area contributed by atoms with E-state index in [0.29, 0.717) is 27.0 Å². The highest BCUT2D eigenvalue weighted by molar-refractivity contribution is 9.10. The summed E-state index contributed by atoms with van der Waals surface area (Å²) in [5, 5.41) is 7.19. The molecule has 5 rings (SSSR count). The van der Waals surface area contributed by atoms with Gasteiger partial charge in [-0.25, -0.2) is 10.2 Å². The van der Waals surface area contributed by atoms with Gasteiger partial charge in [-0.2, -0.15) is 5.10 Å². The van der Waals surface area contributed by atoms with Crippen LogP contribution in [0.1, 0.15) is 15.2 Å². The van der Waals surface area contributed by atoms with Gasteiger partial charge in [0.25, 0.3) is 5.91 Å². The van der Waals surface area contributed by atoms with Crippen molar-refractivity contribution in [1.82, 2.24) is 5.43 Å². The van der Waals surface area contributed by atoms with E-state index in [1.54, 1.807) is 24.3 Å². The number of rotatable bonds is 8. The Morgan fingerprint density at radius 2 is 1.72 bits per heavy atom. The zero-order valence-electron chi connectivity index (χ0n) is 20.4. The van der Waals surface area contributed by atoms with Crippen LogP contribution in [0.2, 0.25) is 5.02 Å². The second-order valence-corrected chi connectivity index (χ2v) is 10.4. The van der Waals surface area contributed by atoms with E-state index in [1.165, 1.54) is 24.7 Å². The normalized spacial score (nSPS) is 11.2. The fraction of sp³-hybridized carbons (Fsp3) is 0.0690. The van der Waals surface area contributed by atoms with Gasteiger partial charge in [-0.3, -0.25) is 4.79 Å². The Hall–Kier alpha value is -3.92. The van der Waals surface area contributed by atoms with E-state index < -0.39 is 11.9 Å². The van der Waals surface area contributed by atoms with Crippen LogP contribution in [-0.4, -0.2) is 31.8 Å². The number of esters is 1. The molecule has 1 N–H and O–H groups in total. The van der Waals surface area contributed by atoms with Gasteiger partial charge in [-0.15, -0.1) is 11.3 Å². The first kappa shape index (κ1) is 26.7. The highest BCUT2D eigenvalue weighted by atomic mass is 79.9. The molecule has 1 heterocycles. The molecular weight excluding hydrogens is 604 g/mol. The highest BCUT2D eigenvalue weighted by Crippen LogP contribution is 2.37. The lowest BCUT2D eigenvalue weighted by Gasteiger charge is -2.10. The predicted molar refractivity (Wildman–Crippen MR) is 158 cm³/mol. The van der Waals surface area contributed by atoms with Crippen LogP contribution in [0, 0.1) is 0 Å². The molecule has 0 radical (unpaired) electrons. The maximum Gasteiger partial charge on any atom is 0.355 e. The molecule has 39 heavy (non-hydrogen) atoms. The van der Waals surface area contributed by atoms with Crippen LogP contribution < -0.4 is 19.6 Å². The third-order valence-corrected chi connectivity index (χ3v) is 8.17. The Kier molecular flexibility index (Phi) is 8.11. The first-order valence-corrected chi connectivity index (χ1v) is 13.6. The SMILES string of the molecule is COc1cc(/C=N/NC(=O)COc2ccc3ccccc3c2Br)ccc1OC(=O)c1sc2ccccc2c1Cl. The first-order chi connectivity index (χ1) is 18.9. The molecule has 0 fully saturated rings. The summed E-state index contributed by atoms with van der Waals surface area (Å²) in [6.45, 7) is -0.215. The molecule has 0 aliphatic heterocycles. The van der Waals surface area contributed by atoms with E-state index in [4.69, 9.17) is 25.8 Å². The van der Waals surface area contributed by atoms with Gasteiger partial charge in [0.15, 0.2) is 18.1 Å². The van der Waals surface area contributed by atoms with Gasteiger partial charge < -0.3 is 14.2 Å². The lowest BCUT2D eigenvalue weighted by molar-refractivity contribution is -0.123. The summed E-state index contributed by atoms with van der Waals surface area (Å²) < 4.78 is 18.3. The lowest BCUT2D eigenvalue weighted by atomic mass is 10.1. The largest absolute Gasteiger partial charge is 0.493 e. The smallest absolute Gasteiger partial charge is 0.355 e. The van der Waals surface area contributed by atoms with Gasteiger partial charge >= 0.3 is 5.97 Å². The number of ether oxygens (including phenoxy) is 3. The second-order valence-electron chi connectivity index (χ2n) is 8.22. The van der Waals surface area contributed by atoms with Crippen LogP contribution in [0.25, 0.3) is 20.9 Å². The highest BCUT2D eigenvalue weighted by Gasteiger charge is 2.20. The van der Waals surface area contributed by atoms with Crippen molar-refractivity contribution in [1.29, 1.82) is 0 Å². The van der Waals surface area contributed by atoms with Crippen LogP contribution in [-0.2, 0) is 4.79 Å². The van der Waals surface area contributed by atoms with E-state index in [9.17, 15) is 9.59 Å². The quantitative estimate of drug-likeness (QED) is 0.0853. The van der Waals surface area contributed by atoms with Crippen molar-refractivity contribution in [2.24, 2.45) is 5.10 Å². The molecule has 0 unspecified atom stereocenters. The number of thiophene rings is 1. The van der Waals surface area contributed by atoms with Gasteiger partial charge in [-0.1, -0.05) is 60.1 Å². The zero-order valence-corrected chi connectivity index (χ0v) is 23.6. The van der Waals surface area contributed by atoms with Gasteiger partial charge in [0.05, 0.1) is 22.8 Å². The van der Waals surface area contributed by atoms with Crippen molar-refractivity contribution in [2.75, 3.05) is 13.7 Å². The number of carbonyl (C=O) groups excluding carboxylic acids is 2. The van der Waals surface area contributed by atoms with Crippen LogP contribution in [0.5, 0.6) is 17.2 Å². The minimum Gasteiger partial charge on any atom is -0.493 e. The zero-order chi connectivity index (χ0) is 27.4. The Balaban J connectivity index is 1.20. The monoisotopic (exact) mass is 622 g/mol.